The van der Waals surface area contributed by atoms with Gasteiger partial charge in [-0.25, -0.2) is 13.2 Å². The number of primary amides is 1. The maximum atomic E-state index is 12.4. The zero-order valence-corrected chi connectivity index (χ0v) is 17.7. The lowest BCUT2D eigenvalue weighted by Crippen LogP contribution is -2.22. The number of anilines is 1. The number of carbonyl (C=O) groups is 3. The van der Waals surface area contributed by atoms with E-state index in [1.54, 1.807) is 19.1 Å². The molecule has 0 spiro atoms. The minimum absolute atomic E-state index is 0.0597. The highest BCUT2D eigenvalue weighted by atomic mass is 32.2. The number of ether oxygens (including phenoxy) is 2. The number of fused-ring (bicyclic) bond motifs is 1. The predicted molar refractivity (Wildman–Crippen MR) is 111 cm³/mol. The Morgan fingerprint density at radius 3 is 2.73 bits per heavy atom. The van der Waals surface area contributed by atoms with Crippen LogP contribution in [0.15, 0.2) is 24.3 Å². The van der Waals surface area contributed by atoms with E-state index in [1.165, 1.54) is 12.1 Å². The largest absolute Gasteiger partial charge is 0.484 e. The van der Waals surface area contributed by atoms with Crippen LogP contribution >= 0.6 is 11.3 Å². The number of nitrogens with two attached hydrogens (primary N) is 1. The van der Waals surface area contributed by atoms with Gasteiger partial charge < -0.3 is 20.5 Å². The number of amides is 2. The van der Waals surface area contributed by atoms with E-state index in [-0.39, 0.29) is 53.0 Å². The molecule has 0 saturated heterocycles. The third kappa shape index (κ3) is 4.97. The molecule has 1 aliphatic heterocycles. The van der Waals surface area contributed by atoms with Crippen molar-refractivity contribution in [3.63, 3.8) is 0 Å². The van der Waals surface area contributed by atoms with Gasteiger partial charge in [0.2, 0.25) is 5.91 Å². The minimum atomic E-state index is -3.24. The number of esters is 1. The molecule has 0 atom stereocenters. The van der Waals surface area contributed by atoms with Crippen molar-refractivity contribution in [1.82, 2.24) is 0 Å². The second-order valence-corrected chi connectivity index (χ2v) is 9.79. The molecule has 0 unspecified atom stereocenters. The third-order valence-electron chi connectivity index (χ3n) is 4.33. The molecule has 3 N–H and O–H groups in total. The summed E-state index contributed by atoms with van der Waals surface area (Å²) in [4.78, 5) is 36.6. The minimum Gasteiger partial charge on any atom is -0.484 e. The Morgan fingerprint density at radius 2 is 2.03 bits per heavy atom. The molecular weight excluding hydrogens is 432 g/mol. The highest BCUT2D eigenvalue weighted by Crippen LogP contribution is 2.38. The van der Waals surface area contributed by atoms with Crippen molar-refractivity contribution >= 4 is 44.0 Å². The lowest BCUT2D eigenvalue weighted by atomic mass is 10.1. The Morgan fingerprint density at radius 1 is 1.27 bits per heavy atom. The van der Waals surface area contributed by atoms with Crippen LogP contribution in [0.2, 0.25) is 0 Å². The molecule has 9 nitrogen and oxygen atoms in total. The molecule has 0 saturated carbocycles. The van der Waals surface area contributed by atoms with E-state index in [0.717, 1.165) is 11.3 Å². The van der Waals surface area contributed by atoms with Crippen LogP contribution in [-0.4, -0.2) is 45.2 Å². The summed E-state index contributed by atoms with van der Waals surface area (Å²) in [6, 6.07) is 6.07. The first-order valence-corrected chi connectivity index (χ1v) is 11.7. The second-order valence-electron chi connectivity index (χ2n) is 6.50. The molecule has 0 radical (unpaired) electrons. The molecule has 30 heavy (non-hydrogen) atoms. The van der Waals surface area contributed by atoms with Crippen molar-refractivity contribution in [2.75, 3.05) is 24.3 Å². The summed E-state index contributed by atoms with van der Waals surface area (Å²) in [7, 11) is -3.24. The van der Waals surface area contributed by atoms with E-state index in [9.17, 15) is 22.8 Å². The van der Waals surface area contributed by atoms with Gasteiger partial charge in [-0.15, -0.1) is 11.3 Å². The normalized spacial score (nSPS) is 14.4. The number of carbonyl (C=O) groups excluding carboxylic acids is 3. The summed E-state index contributed by atoms with van der Waals surface area (Å²) in [5.74, 6) is -1.74. The van der Waals surface area contributed by atoms with Gasteiger partial charge in [0.25, 0.3) is 5.91 Å². The highest BCUT2D eigenvalue weighted by molar-refractivity contribution is 7.90. The van der Waals surface area contributed by atoms with Crippen LogP contribution in [0.25, 0.3) is 0 Å². The summed E-state index contributed by atoms with van der Waals surface area (Å²) >= 11 is 1.05. The van der Waals surface area contributed by atoms with Gasteiger partial charge in [0.05, 0.1) is 23.7 Å². The fourth-order valence-corrected chi connectivity index (χ4v) is 6.04. The van der Waals surface area contributed by atoms with Crippen molar-refractivity contribution < 1.29 is 32.3 Å². The van der Waals surface area contributed by atoms with Gasteiger partial charge in [0, 0.05) is 10.4 Å². The number of nitrogens with one attached hydrogen (secondary N) is 1. The van der Waals surface area contributed by atoms with Crippen molar-refractivity contribution in [3.8, 4) is 5.75 Å². The summed E-state index contributed by atoms with van der Waals surface area (Å²) in [6.45, 7) is 1.42. The smallest absolute Gasteiger partial charge is 0.341 e. The van der Waals surface area contributed by atoms with Gasteiger partial charge in [-0.1, -0.05) is 6.07 Å². The molecule has 1 aromatic heterocycles. The van der Waals surface area contributed by atoms with E-state index in [4.69, 9.17) is 15.2 Å². The number of rotatable bonds is 7. The van der Waals surface area contributed by atoms with Crippen molar-refractivity contribution in [1.29, 1.82) is 0 Å². The Balaban J connectivity index is 1.77. The van der Waals surface area contributed by atoms with Crippen molar-refractivity contribution in [3.05, 3.63) is 45.8 Å². The van der Waals surface area contributed by atoms with Crippen LogP contribution in [0.5, 0.6) is 5.75 Å². The maximum absolute atomic E-state index is 12.4. The number of benzene rings is 1. The predicted octanol–water partition coefficient (Wildman–Crippen LogP) is 1.51. The average molecular weight is 453 g/mol. The Bertz CT molecular complexity index is 1110. The highest BCUT2D eigenvalue weighted by Gasteiger charge is 2.32. The first-order chi connectivity index (χ1) is 14.2. The van der Waals surface area contributed by atoms with Crippen LogP contribution in [-0.2, 0) is 31.5 Å². The first-order valence-electron chi connectivity index (χ1n) is 9.04. The van der Waals surface area contributed by atoms with E-state index in [1.807, 2.05) is 0 Å². The fourth-order valence-electron chi connectivity index (χ4n) is 2.98. The number of hydrogen-bond acceptors (Lipinski definition) is 8. The van der Waals surface area contributed by atoms with Crippen LogP contribution in [0.3, 0.4) is 0 Å². The van der Waals surface area contributed by atoms with Gasteiger partial charge in [0.1, 0.15) is 10.8 Å². The Labute approximate surface area is 177 Å². The van der Waals surface area contributed by atoms with E-state index >= 15 is 0 Å². The Hall–Kier alpha value is -2.92. The van der Waals surface area contributed by atoms with Crippen LogP contribution in [0.4, 0.5) is 5.00 Å². The second kappa shape index (κ2) is 8.84. The molecule has 2 amide bonds. The van der Waals surface area contributed by atoms with E-state index in [0.29, 0.717) is 10.4 Å². The zero-order valence-electron chi connectivity index (χ0n) is 16.1. The lowest BCUT2D eigenvalue weighted by molar-refractivity contribution is -0.118. The Kier molecular flexibility index (Phi) is 6.42. The molecule has 0 fully saturated rings. The third-order valence-corrected chi connectivity index (χ3v) is 7.21. The van der Waals surface area contributed by atoms with Gasteiger partial charge in [-0.3, -0.25) is 9.59 Å². The zero-order chi connectivity index (χ0) is 21.9. The first kappa shape index (κ1) is 21.8. The molecule has 1 aliphatic rings. The van der Waals surface area contributed by atoms with Gasteiger partial charge >= 0.3 is 5.97 Å². The van der Waals surface area contributed by atoms with Gasteiger partial charge in [-0.2, -0.15) is 0 Å². The number of thiophene rings is 1. The van der Waals surface area contributed by atoms with Gasteiger partial charge in [0.15, 0.2) is 16.4 Å². The quantitative estimate of drug-likeness (QED) is 0.606. The number of sulfone groups is 1. The number of hydrogen-bond donors (Lipinski definition) is 2. The van der Waals surface area contributed by atoms with Crippen LogP contribution in [0, 0.1) is 0 Å². The monoisotopic (exact) mass is 452 g/mol. The fraction of sp³-hybridized carbons (Fsp3) is 0.316. The molecule has 0 bridgehead atoms. The SMILES string of the molecule is CCOC(=O)c1c(NC(=O)COc2cccc(C(N)=O)c2)sc2c1CCS(=O)(=O)C2. The summed E-state index contributed by atoms with van der Waals surface area (Å²) < 4.78 is 34.3. The average Bonchev–Trinajstić information content (AvgIpc) is 3.02. The van der Waals surface area contributed by atoms with Gasteiger partial charge in [-0.05, 0) is 37.1 Å². The standard InChI is InChI=1S/C19H20N2O7S2/c1-2-27-19(24)16-13-6-7-30(25,26)10-14(13)29-18(16)21-15(22)9-28-12-5-3-4-11(8-12)17(20)23/h3-5,8H,2,6-7,9-10H2,1H3,(H2,20,23)(H,21,22). The lowest BCUT2D eigenvalue weighted by Gasteiger charge is -2.13. The van der Waals surface area contributed by atoms with E-state index in [2.05, 4.69) is 5.32 Å². The topological polar surface area (TPSA) is 142 Å². The molecule has 0 aliphatic carbocycles. The molecule has 1 aromatic carbocycles. The summed E-state index contributed by atoms with van der Waals surface area (Å²) in [6.07, 6.45) is 0.189. The molecular formula is C19H20N2O7S2. The molecule has 160 valence electrons. The summed E-state index contributed by atoms with van der Waals surface area (Å²) in [5.41, 5.74) is 6.25. The summed E-state index contributed by atoms with van der Waals surface area (Å²) in [5, 5.41) is 2.84. The molecule has 3 rings (SSSR count). The van der Waals surface area contributed by atoms with Crippen LogP contribution in [0.1, 0.15) is 38.1 Å². The van der Waals surface area contributed by atoms with Crippen molar-refractivity contribution in [2.45, 2.75) is 19.1 Å². The van der Waals surface area contributed by atoms with Crippen LogP contribution < -0.4 is 15.8 Å². The molecule has 2 heterocycles. The maximum Gasteiger partial charge on any atom is 0.341 e. The van der Waals surface area contributed by atoms with Crippen molar-refractivity contribution in [2.24, 2.45) is 5.73 Å². The molecule has 2 aromatic rings. The van der Waals surface area contributed by atoms with E-state index < -0.39 is 27.6 Å². The molecule has 11 heteroatoms.